The summed E-state index contributed by atoms with van der Waals surface area (Å²) in [5.41, 5.74) is 3.89. The van der Waals surface area contributed by atoms with E-state index < -0.39 is 0 Å². The highest BCUT2D eigenvalue weighted by atomic mass is 16.5. The number of nitrogens with zero attached hydrogens (tertiary/aromatic N) is 6. The van der Waals surface area contributed by atoms with E-state index in [0.717, 1.165) is 22.9 Å². The second-order valence-corrected chi connectivity index (χ2v) is 10.2. The average Bonchev–Trinajstić information content (AvgIpc) is 3.13. The van der Waals surface area contributed by atoms with Gasteiger partial charge in [-0.05, 0) is 60.7 Å². The molecule has 4 N–H and O–H groups in total. The molecule has 2 aromatic carbocycles. The highest BCUT2D eigenvalue weighted by Crippen LogP contribution is 2.33. The number of fused-ring (bicyclic) bond motifs is 6. The summed E-state index contributed by atoms with van der Waals surface area (Å²) in [6.45, 7) is 0. The maximum atomic E-state index is 9.67. The first-order chi connectivity index (χ1) is 23.4. The molecule has 12 heteroatoms. The van der Waals surface area contributed by atoms with Crippen LogP contribution in [0.4, 0.5) is 0 Å². The van der Waals surface area contributed by atoms with Gasteiger partial charge in [-0.3, -0.25) is 29.9 Å². The first-order valence-electron chi connectivity index (χ1n) is 14.5. The van der Waals surface area contributed by atoms with E-state index in [1.54, 1.807) is 63.0 Å². The summed E-state index contributed by atoms with van der Waals surface area (Å²) in [5, 5.41) is 41.2. The lowest BCUT2D eigenvalue weighted by Crippen LogP contribution is -1.90. The Hall–Kier alpha value is -6.82. The molecule has 8 rings (SSSR count). The molecule has 0 saturated carbocycles. The van der Waals surface area contributed by atoms with Crippen LogP contribution >= 0.6 is 0 Å². The van der Waals surface area contributed by atoms with Gasteiger partial charge in [0.25, 0.3) is 0 Å². The fourth-order valence-electron chi connectivity index (χ4n) is 4.95. The lowest BCUT2D eigenvalue weighted by atomic mass is 10.1. The molecule has 48 heavy (non-hydrogen) atoms. The summed E-state index contributed by atoms with van der Waals surface area (Å²) in [6, 6.07) is 20.3. The lowest BCUT2D eigenvalue weighted by Gasteiger charge is -2.04. The smallest absolute Gasteiger partial charge is 0.126 e. The third-order valence-corrected chi connectivity index (χ3v) is 7.35. The van der Waals surface area contributed by atoms with Crippen molar-refractivity contribution in [1.82, 2.24) is 29.9 Å². The molecule has 0 radical (unpaired) electrons. The van der Waals surface area contributed by atoms with Crippen molar-refractivity contribution in [2.24, 2.45) is 0 Å². The zero-order chi connectivity index (χ0) is 33.6. The summed E-state index contributed by atoms with van der Waals surface area (Å²) < 4.78 is 10.3. The normalized spacial score (nSPS) is 10.6. The molecule has 0 fully saturated rings. The van der Waals surface area contributed by atoms with Gasteiger partial charge in [-0.15, -0.1) is 0 Å². The number of methoxy groups -OCH3 is 2. The van der Waals surface area contributed by atoms with E-state index in [1.165, 1.54) is 49.1 Å². The van der Waals surface area contributed by atoms with E-state index in [9.17, 15) is 20.4 Å². The molecule has 0 spiro atoms. The first-order valence-corrected chi connectivity index (χ1v) is 14.5. The largest absolute Gasteiger partial charge is 0.507 e. The van der Waals surface area contributed by atoms with Crippen molar-refractivity contribution in [3.63, 3.8) is 0 Å². The summed E-state index contributed by atoms with van der Waals surface area (Å²) in [6.07, 6.45) is 9.45. The van der Waals surface area contributed by atoms with E-state index in [0.29, 0.717) is 43.6 Å². The van der Waals surface area contributed by atoms with E-state index in [4.69, 9.17) is 9.47 Å². The molecule has 0 bridgehead atoms. The highest BCUT2D eigenvalue weighted by Gasteiger charge is 2.10. The number of ether oxygens (including phenoxy) is 2. The van der Waals surface area contributed by atoms with Crippen LogP contribution in [-0.2, 0) is 0 Å². The number of rotatable bonds is 3. The van der Waals surface area contributed by atoms with Crippen LogP contribution in [0.25, 0.3) is 55.0 Å². The Morgan fingerprint density at radius 2 is 0.646 bits per heavy atom. The maximum absolute atomic E-state index is 9.67. The molecule has 0 unspecified atom stereocenters. The van der Waals surface area contributed by atoms with Gasteiger partial charge in [0.1, 0.15) is 56.6 Å². The van der Waals surface area contributed by atoms with Crippen molar-refractivity contribution in [2.75, 3.05) is 14.2 Å². The fraction of sp³-hybridized carbons (Fsp3) is 0.0556. The second-order valence-electron chi connectivity index (χ2n) is 10.2. The number of hydrogen-bond donors (Lipinski definition) is 4. The maximum Gasteiger partial charge on any atom is 0.126 e. The molecule has 12 nitrogen and oxygen atoms in total. The van der Waals surface area contributed by atoms with Crippen LogP contribution in [0.2, 0.25) is 0 Å². The van der Waals surface area contributed by atoms with Gasteiger partial charge in [0, 0.05) is 70.9 Å². The summed E-state index contributed by atoms with van der Waals surface area (Å²) in [4.78, 5) is 25.2. The monoisotopic (exact) mass is 640 g/mol. The molecular weight excluding hydrogens is 612 g/mol. The van der Waals surface area contributed by atoms with Gasteiger partial charge in [-0.2, -0.15) is 0 Å². The van der Waals surface area contributed by atoms with Gasteiger partial charge in [0.05, 0.1) is 25.6 Å². The molecule has 6 heterocycles. The summed E-state index contributed by atoms with van der Waals surface area (Å²) in [7, 11) is 3.25. The second kappa shape index (κ2) is 13.7. The van der Waals surface area contributed by atoms with Crippen LogP contribution in [0, 0.1) is 0 Å². The number of benzene rings is 2. The summed E-state index contributed by atoms with van der Waals surface area (Å²) >= 11 is 0. The zero-order valence-electron chi connectivity index (χ0n) is 25.7. The Bertz CT molecular complexity index is 2120. The van der Waals surface area contributed by atoms with Gasteiger partial charge in [-0.25, -0.2) is 0 Å². The SMILES string of the molecule is COc1ccnc(-c2cc(OC)ccn2)c1.Oc1ccnc2c1ccc1c(O)ccnc12.Oc1ccnc2c1ccc1c(O)ccnc12. The van der Waals surface area contributed by atoms with Crippen LogP contribution < -0.4 is 9.47 Å². The van der Waals surface area contributed by atoms with Gasteiger partial charge in [0.2, 0.25) is 0 Å². The Morgan fingerprint density at radius 3 is 0.917 bits per heavy atom. The Balaban J connectivity index is 0.000000125. The number of aromatic nitrogens is 6. The topological polar surface area (TPSA) is 177 Å². The summed E-state index contributed by atoms with van der Waals surface area (Å²) in [5.74, 6) is 2.17. The van der Waals surface area contributed by atoms with E-state index >= 15 is 0 Å². The Kier molecular flexibility index (Phi) is 8.88. The minimum Gasteiger partial charge on any atom is -0.507 e. The predicted molar refractivity (Wildman–Crippen MR) is 181 cm³/mol. The Labute approximate surface area is 273 Å². The molecule has 0 aliphatic carbocycles. The van der Waals surface area contributed by atoms with Crippen LogP contribution in [0.15, 0.2) is 110 Å². The molecule has 0 amide bonds. The predicted octanol–water partition coefficient (Wildman–Crippen LogP) is 6.55. The van der Waals surface area contributed by atoms with Gasteiger partial charge >= 0.3 is 0 Å². The van der Waals surface area contributed by atoms with Crippen LogP contribution in [0.3, 0.4) is 0 Å². The molecule has 0 aliphatic rings. The Morgan fingerprint density at radius 1 is 0.375 bits per heavy atom. The van der Waals surface area contributed by atoms with Crippen molar-refractivity contribution in [3.05, 3.63) is 110 Å². The van der Waals surface area contributed by atoms with Crippen molar-refractivity contribution >= 4 is 43.6 Å². The molecule has 238 valence electrons. The minimum absolute atomic E-state index is 0.164. The molecule has 6 aromatic heterocycles. The van der Waals surface area contributed by atoms with Crippen LogP contribution in [0.1, 0.15) is 0 Å². The lowest BCUT2D eigenvalue weighted by molar-refractivity contribution is 0.413. The third kappa shape index (κ3) is 6.30. The van der Waals surface area contributed by atoms with Crippen LogP contribution in [0.5, 0.6) is 34.5 Å². The van der Waals surface area contributed by atoms with Gasteiger partial charge in [-0.1, -0.05) is 0 Å². The van der Waals surface area contributed by atoms with E-state index in [1.807, 2.05) is 12.1 Å². The van der Waals surface area contributed by atoms with Gasteiger partial charge < -0.3 is 29.9 Å². The van der Waals surface area contributed by atoms with Crippen molar-refractivity contribution in [3.8, 4) is 45.9 Å². The molecule has 0 aliphatic heterocycles. The number of hydrogen-bond acceptors (Lipinski definition) is 12. The molecular formula is C36H28N6O6. The molecule has 0 atom stereocenters. The quantitative estimate of drug-likeness (QED) is 0.153. The standard InChI is InChI=1S/2C12H8N2O2.C12H12N2O2/c2*15-9-3-5-13-11-7(9)1-2-8-10(16)4-6-14-12(8)11;1-15-9-3-5-13-11(7-9)12-8-10(16-2)4-6-14-12/h2*1-6H,(H,13,15)(H,14,16);3-8H,1-2H3. The van der Waals surface area contributed by atoms with Crippen molar-refractivity contribution in [2.45, 2.75) is 0 Å². The zero-order valence-corrected chi connectivity index (χ0v) is 25.7. The van der Waals surface area contributed by atoms with Crippen molar-refractivity contribution < 1.29 is 29.9 Å². The fourth-order valence-corrected chi connectivity index (χ4v) is 4.95. The number of aromatic hydroxyl groups is 4. The van der Waals surface area contributed by atoms with Gasteiger partial charge in [0.15, 0.2) is 0 Å². The minimum atomic E-state index is 0.164. The highest BCUT2D eigenvalue weighted by molar-refractivity contribution is 6.07. The third-order valence-electron chi connectivity index (χ3n) is 7.35. The first kappa shape index (κ1) is 31.2. The molecule has 0 saturated heterocycles. The van der Waals surface area contributed by atoms with Crippen LogP contribution in [-0.4, -0.2) is 64.5 Å². The number of pyridine rings is 6. The average molecular weight is 641 g/mol. The molecule has 8 aromatic rings. The van der Waals surface area contributed by atoms with E-state index in [-0.39, 0.29) is 23.0 Å². The van der Waals surface area contributed by atoms with Crippen molar-refractivity contribution in [1.29, 1.82) is 0 Å². The van der Waals surface area contributed by atoms with E-state index in [2.05, 4.69) is 29.9 Å².